The van der Waals surface area contributed by atoms with E-state index in [4.69, 9.17) is 5.14 Å². The van der Waals surface area contributed by atoms with Crippen molar-refractivity contribution in [3.63, 3.8) is 0 Å². The van der Waals surface area contributed by atoms with Crippen molar-refractivity contribution in [3.05, 3.63) is 23.3 Å². The van der Waals surface area contributed by atoms with E-state index in [0.29, 0.717) is 18.8 Å². The highest BCUT2D eigenvalue weighted by molar-refractivity contribution is 7.89. The molecule has 3 heterocycles. The third kappa shape index (κ3) is 4.15. The zero-order chi connectivity index (χ0) is 21.6. The largest absolute Gasteiger partial charge is 0.417 e. The summed E-state index contributed by atoms with van der Waals surface area (Å²) in [5.41, 5.74) is 9.70. The van der Waals surface area contributed by atoms with E-state index >= 15 is 0 Å². The zero-order valence-electron chi connectivity index (χ0n) is 16.3. The molecular formula is C17H26F3N7O2S. The van der Waals surface area contributed by atoms with Gasteiger partial charge in [0, 0.05) is 24.3 Å². The molecule has 0 bridgehead atoms. The van der Waals surface area contributed by atoms with Crippen LogP contribution in [0.15, 0.2) is 17.0 Å². The highest BCUT2D eigenvalue weighted by Gasteiger charge is 2.43. The number of hydrogen-bond acceptors (Lipinski definition) is 8. The van der Waals surface area contributed by atoms with E-state index in [1.54, 1.807) is 0 Å². The van der Waals surface area contributed by atoms with Crippen LogP contribution in [0.1, 0.15) is 43.0 Å². The van der Waals surface area contributed by atoms with E-state index in [1.807, 2.05) is 4.90 Å². The lowest BCUT2D eigenvalue weighted by Gasteiger charge is -2.47. The van der Waals surface area contributed by atoms with Crippen molar-refractivity contribution in [2.75, 3.05) is 31.1 Å². The lowest BCUT2D eigenvalue weighted by molar-refractivity contribution is -0.140. The van der Waals surface area contributed by atoms with Gasteiger partial charge in [0.25, 0.3) is 0 Å². The van der Waals surface area contributed by atoms with Crippen LogP contribution < -0.4 is 37.3 Å². The van der Waals surface area contributed by atoms with Crippen LogP contribution in [0, 0.1) is 5.41 Å². The molecule has 3 fully saturated rings. The molecule has 13 heteroatoms. The topological polar surface area (TPSA) is 124 Å². The predicted molar refractivity (Wildman–Crippen MR) is 104 cm³/mol. The summed E-state index contributed by atoms with van der Waals surface area (Å²) in [5.74, 6) is 0. The highest BCUT2D eigenvalue weighted by atomic mass is 32.2. The van der Waals surface area contributed by atoms with Crippen LogP contribution >= 0.6 is 0 Å². The number of anilines is 1. The molecule has 9 nitrogen and oxygen atoms in total. The maximum absolute atomic E-state index is 13.7. The summed E-state index contributed by atoms with van der Waals surface area (Å²) < 4.78 is 65.8. The first kappa shape index (κ1) is 21.7. The molecule has 1 aromatic carbocycles. The third-order valence-corrected chi connectivity index (χ3v) is 7.22. The summed E-state index contributed by atoms with van der Waals surface area (Å²) in [6.07, 6.45) is -1.91. The summed E-state index contributed by atoms with van der Waals surface area (Å²) in [6.45, 7) is 3.08. The van der Waals surface area contributed by atoms with E-state index in [2.05, 4.69) is 27.2 Å². The molecule has 0 radical (unpaired) electrons. The molecule has 3 aliphatic heterocycles. The summed E-state index contributed by atoms with van der Waals surface area (Å²) >= 11 is 0. The predicted octanol–water partition coefficient (Wildman–Crippen LogP) is 0.438. The fraction of sp³-hybridized carbons (Fsp3) is 0.647. The van der Waals surface area contributed by atoms with E-state index in [1.165, 1.54) is 6.07 Å². The quantitative estimate of drug-likeness (QED) is 0.393. The van der Waals surface area contributed by atoms with Crippen molar-refractivity contribution in [2.24, 2.45) is 10.6 Å². The van der Waals surface area contributed by atoms with Crippen molar-refractivity contribution in [2.45, 2.75) is 42.9 Å². The van der Waals surface area contributed by atoms with Gasteiger partial charge in [-0.2, -0.15) is 24.2 Å². The minimum absolute atomic E-state index is 0.0455. The van der Waals surface area contributed by atoms with Crippen molar-refractivity contribution in [1.82, 2.24) is 27.2 Å². The molecule has 3 saturated heterocycles. The first-order chi connectivity index (χ1) is 14.1. The lowest BCUT2D eigenvalue weighted by atomic mass is 9.72. The first-order valence-electron chi connectivity index (χ1n) is 9.84. The number of piperidine rings is 2. The van der Waals surface area contributed by atoms with Crippen molar-refractivity contribution < 1.29 is 21.6 Å². The molecule has 1 spiro atoms. The van der Waals surface area contributed by atoms with E-state index in [-0.39, 0.29) is 11.0 Å². The van der Waals surface area contributed by atoms with Gasteiger partial charge in [-0.1, -0.05) is 0 Å². The number of nitrogens with one attached hydrogen (secondary N) is 5. The molecule has 0 saturated carbocycles. The smallest absolute Gasteiger partial charge is 0.371 e. The molecule has 0 aromatic heterocycles. The maximum atomic E-state index is 13.7. The van der Waals surface area contributed by atoms with Gasteiger partial charge >= 0.3 is 6.18 Å². The van der Waals surface area contributed by atoms with Gasteiger partial charge in [-0.05, 0) is 56.3 Å². The average Bonchev–Trinajstić information content (AvgIpc) is 3.20. The number of hydrazine groups is 3. The molecule has 0 aliphatic carbocycles. The van der Waals surface area contributed by atoms with Gasteiger partial charge in [-0.3, -0.25) is 0 Å². The second kappa shape index (κ2) is 7.89. The van der Waals surface area contributed by atoms with Crippen LogP contribution in [-0.4, -0.2) is 34.6 Å². The first-order valence-corrected chi connectivity index (χ1v) is 11.4. The highest BCUT2D eigenvalue weighted by Crippen LogP contribution is 2.44. The molecule has 0 amide bonds. The van der Waals surface area contributed by atoms with Crippen molar-refractivity contribution in [1.29, 1.82) is 0 Å². The molecule has 7 N–H and O–H groups in total. The maximum Gasteiger partial charge on any atom is 0.417 e. The summed E-state index contributed by atoms with van der Waals surface area (Å²) in [6, 6.07) is 2.17. The van der Waals surface area contributed by atoms with Gasteiger partial charge in [-0.15, -0.1) is 0 Å². The number of sulfonamides is 1. The molecule has 4 rings (SSSR count). The summed E-state index contributed by atoms with van der Waals surface area (Å²) in [7, 11) is -4.67. The number of hydrogen-bond donors (Lipinski definition) is 6. The van der Waals surface area contributed by atoms with Crippen LogP contribution in [-0.2, 0) is 16.2 Å². The molecule has 168 valence electrons. The van der Waals surface area contributed by atoms with Crippen molar-refractivity contribution in [3.8, 4) is 0 Å². The van der Waals surface area contributed by atoms with Crippen LogP contribution in [0.3, 0.4) is 0 Å². The normalized spacial score (nSPS) is 23.3. The number of halogens is 3. The fourth-order valence-electron chi connectivity index (χ4n) is 4.85. The minimum Gasteiger partial charge on any atom is -0.371 e. The Morgan fingerprint density at radius 2 is 1.77 bits per heavy atom. The summed E-state index contributed by atoms with van der Waals surface area (Å²) in [5, 5.41) is 8.65. The number of nitrogens with zero attached hydrogens (tertiary/aromatic N) is 1. The molecule has 0 atom stereocenters. The minimum atomic E-state index is -4.87. The Morgan fingerprint density at radius 1 is 1.10 bits per heavy atom. The number of rotatable bonds is 3. The van der Waals surface area contributed by atoms with E-state index in [9.17, 15) is 21.6 Å². The van der Waals surface area contributed by atoms with Crippen LogP contribution in [0.2, 0.25) is 0 Å². The molecule has 30 heavy (non-hydrogen) atoms. The van der Waals surface area contributed by atoms with Crippen molar-refractivity contribution >= 4 is 15.7 Å². The standard InChI is InChI=1S/C17H26F3N7O2S/c18-17(19,20)11-2-3-12(13(14(11)30(21,28)29)15-23-25-26-24-15)27-9-1-4-16(10-27)5-7-22-8-6-16/h2-3,15,22-26H,1,4-10H2,(H2,21,28,29). The Morgan fingerprint density at radius 3 is 2.37 bits per heavy atom. The molecule has 0 unspecified atom stereocenters. The second-order valence-electron chi connectivity index (χ2n) is 8.16. The fourth-order valence-corrected chi connectivity index (χ4v) is 5.87. The Labute approximate surface area is 172 Å². The van der Waals surface area contributed by atoms with E-state index < -0.39 is 32.8 Å². The number of primary sulfonamides is 1. The average molecular weight is 450 g/mol. The van der Waals surface area contributed by atoms with Gasteiger partial charge in [0.15, 0.2) is 0 Å². The van der Waals surface area contributed by atoms with Gasteiger partial charge in [0.05, 0.1) is 5.56 Å². The van der Waals surface area contributed by atoms with Crippen LogP contribution in [0.5, 0.6) is 0 Å². The lowest BCUT2D eigenvalue weighted by Crippen LogP contribution is -2.49. The van der Waals surface area contributed by atoms with Gasteiger partial charge in [0.2, 0.25) is 10.0 Å². The van der Waals surface area contributed by atoms with Gasteiger partial charge in [-0.25, -0.2) is 24.4 Å². The Hall–Kier alpha value is -1.48. The monoisotopic (exact) mass is 449 g/mol. The second-order valence-corrected chi connectivity index (χ2v) is 9.66. The van der Waals surface area contributed by atoms with Gasteiger partial charge in [0.1, 0.15) is 11.1 Å². The number of alkyl halides is 3. The van der Waals surface area contributed by atoms with Crippen LogP contribution in [0.25, 0.3) is 0 Å². The summed E-state index contributed by atoms with van der Waals surface area (Å²) in [4.78, 5) is 1.09. The third-order valence-electron chi connectivity index (χ3n) is 6.21. The molecule has 1 aromatic rings. The Kier molecular flexibility index (Phi) is 5.72. The molecular weight excluding hydrogens is 423 g/mol. The van der Waals surface area contributed by atoms with Gasteiger partial charge < -0.3 is 10.2 Å². The molecule has 3 aliphatic rings. The Bertz CT molecular complexity index is 892. The van der Waals surface area contributed by atoms with Crippen LogP contribution in [0.4, 0.5) is 18.9 Å². The Balaban J connectivity index is 1.85. The SMILES string of the molecule is NS(=O)(=O)c1c(C(F)(F)F)ccc(N2CCCC3(CCNCC3)C2)c1C1NNNN1. The number of benzene rings is 1. The van der Waals surface area contributed by atoms with E-state index in [0.717, 1.165) is 44.8 Å². The zero-order valence-corrected chi connectivity index (χ0v) is 17.1. The number of nitrogens with two attached hydrogens (primary N) is 1.